The number of ether oxygens (including phenoxy) is 1. The zero-order chi connectivity index (χ0) is 21.7. The van der Waals surface area contributed by atoms with Crippen LogP contribution in [0.25, 0.3) is 0 Å². The maximum Gasteiger partial charge on any atom is 0.316 e. The highest BCUT2D eigenvalue weighted by Crippen LogP contribution is 2.41. The van der Waals surface area contributed by atoms with Gasteiger partial charge in [-0.2, -0.15) is 5.26 Å². The molecule has 2 N–H and O–H groups in total. The summed E-state index contributed by atoms with van der Waals surface area (Å²) in [6, 6.07) is 13.1. The van der Waals surface area contributed by atoms with Crippen molar-refractivity contribution >= 4 is 29.3 Å². The van der Waals surface area contributed by atoms with Gasteiger partial charge < -0.3 is 19.8 Å². The summed E-state index contributed by atoms with van der Waals surface area (Å²) in [6.07, 6.45) is 1.50. The zero-order valence-corrected chi connectivity index (χ0v) is 17.6. The molecule has 0 spiro atoms. The number of dihydropyridines is 1. The number of allylic oxidation sites excluding steroid dienone is 2. The lowest BCUT2D eigenvalue weighted by atomic mass is 9.85. The number of hydrogen-bond acceptors (Lipinski definition) is 7. The molecule has 0 saturated heterocycles. The van der Waals surface area contributed by atoms with Gasteiger partial charge in [0, 0.05) is 11.4 Å². The summed E-state index contributed by atoms with van der Waals surface area (Å²) >= 11 is 1.15. The quantitative estimate of drug-likeness (QED) is 0.681. The van der Waals surface area contributed by atoms with Gasteiger partial charge >= 0.3 is 5.97 Å². The highest BCUT2D eigenvalue weighted by molar-refractivity contribution is 8.03. The number of nitrogens with zero attached hydrogens (tertiary/aromatic N) is 1. The number of carbonyl (C=O) groups is 2. The van der Waals surface area contributed by atoms with E-state index in [9.17, 15) is 14.9 Å². The van der Waals surface area contributed by atoms with Crippen LogP contribution in [-0.4, -0.2) is 24.7 Å². The van der Waals surface area contributed by atoms with Crippen LogP contribution >= 0.6 is 11.8 Å². The molecule has 0 fully saturated rings. The number of nitriles is 1. The Kier molecular flexibility index (Phi) is 6.65. The van der Waals surface area contributed by atoms with Gasteiger partial charge in [-0.3, -0.25) is 9.59 Å². The summed E-state index contributed by atoms with van der Waals surface area (Å²) < 4.78 is 10.3. The number of nitrogens with one attached hydrogen (secondary N) is 2. The molecule has 1 aliphatic heterocycles. The van der Waals surface area contributed by atoms with Crippen molar-refractivity contribution in [1.29, 1.82) is 5.26 Å². The first kappa shape index (κ1) is 21.3. The second kappa shape index (κ2) is 9.37. The van der Waals surface area contributed by atoms with Crippen LogP contribution in [0, 0.1) is 18.3 Å². The van der Waals surface area contributed by atoms with Gasteiger partial charge in [0.1, 0.15) is 5.76 Å². The Morgan fingerprint density at radius 1 is 1.27 bits per heavy atom. The molecular formula is C22H21N3O4S. The summed E-state index contributed by atoms with van der Waals surface area (Å²) in [5.41, 5.74) is 2.88. The molecule has 0 saturated carbocycles. The van der Waals surface area contributed by atoms with E-state index in [1.54, 1.807) is 19.1 Å². The highest BCUT2D eigenvalue weighted by Gasteiger charge is 2.36. The van der Waals surface area contributed by atoms with E-state index >= 15 is 0 Å². The minimum absolute atomic E-state index is 0.0346. The fourth-order valence-electron chi connectivity index (χ4n) is 3.16. The molecule has 0 radical (unpaired) electrons. The van der Waals surface area contributed by atoms with Gasteiger partial charge in [-0.1, -0.05) is 30.0 Å². The predicted molar refractivity (Wildman–Crippen MR) is 114 cm³/mol. The number of anilines is 1. The fraction of sp³-hybridized carbons (Fsp3) is 0.227. The normalized spacial score (nSPS) is 16.0. The van der Waals surface area contributed by atoms with Crippen molar-refractivity contribution < 1.29 is 18.7 Å². The summed E-state index contributed by atoms with van der Waals surface area (Å²) in [6.45, 7) is 3.66. The standard InChI is InChI=1S/C22H21N3O4S/c1-13-7-4-5-8-16(13)25-21(27)19-14(2)24-22(30-12-18(26)28-3)15(11-23)20(19)17-9-6-10-29-17/h4-10,20,24H,12H2,1-3H3,(H,25,27). The molecule has 1 amide bonds. The SMILES string of the molecule is COC(=O)CSC1=C(C#N)C(c2ccco2)C(C(=O)Nc2ccccc2C)=C(C)N1. The lowest BCUT2D eigenvalue weighted by Gasteiger charge is -2.28. The van der Waals surface area contributed by atoms with E-state index in [0.717, 1.165) is 17.3 Å². The first-order chi connectivity index (χ1) is 14.5. The molecular weight excluding hydrogens is 402 g/mol. The third-order valence-electron chi connectivity index (χ3n) is 4.68. The van der Waals surface area contributed by atoms with Gasteiger partial charge in [0.15, 0.2) is 0 Å². The van der Waals surface area contributed by atoms with Crippen molar-refractivity contribution in [3.05, 3.63) is 75.9 Å². The van der Waals surface area contributed by atoms with Gasteiger partial charge in [-0.25, -0.2) is 0 Å². The molecule has 0 bridgehead atoms. The van der Waals surface area contributed by atoms with Gasteiger partial charge in [0.05, 0.1) is 47.3 Å². The van der Waals surface area contributed by atoms with Crippen LogP contribution in [0.5, 0.6) is 0 Å². The Morgan fingerprint density at radius 3 is 2.67 bits per heavy atom. The molecule has 2 heterocycles. The van der Waals surface area contributed by atoms with Gasteiger partial charge in [-0.15, -0.1) is 0 Å². The van der Waals surface area contributed by atoms with E-state index < -0.39 is 11.9 Å². The largest absolute Gasteiger partial charge is 0.468 e. The molecule has 1 aliphatic rings. The lowest BCUT2D eigenvalue weighted by molar-refractivity contribution is -0.137. The molecule has 0 aliphatic carbocycles. The Morgan fingerprint density at radius 2 is 2.03 bits per heavy atom. The fourth-order valence-corrected chi connectivity index (χ4v) is 4.08. The molecule has 154 valence electrons. The van der Waals surface area contributed by atoms with E-state index in [0.29, 0.717) is 33.3 Å². The van der Waals surface area contributed by atoms with Crippen LogP contribution in [0.15, 0.2) is 69.0 Å². The van der Waals surface area contributed by atoms with E-state index in [4.69, 9.17) is 4.42 Å². The summed E-state index contributed by atoms with van der Waals surface area (Å²) in [7, 11) is 1.31. The third kappa shape index (κ3) is 4.42. The van der Waals surface area contributed by atoms with Crippen LogP contribution in [-0.2, 0) is 14.3 Å². The average molecular weight is 423 g/mol. The van der Waals surface area contributed by atoms with Crippen molar-refractivity contribution in [3.63, 3.8) is 0 Å². The molecule has 7 nitrogen and oxygen atoms in total. The number of methoxy groups -OCH3 is 1. The predicted octanol–water partition coefficient (Wildman–Crippen LogP) is 3.83. The molecule has 3 rings (SSSR count). The lowest BCUT2D eigenvalue weighted by Crippen LogP contribution is -2.31. The monoisotopic (exact) mass is 423 g/mol. The van der Waals surface area contributed by atoms with Crippen LogP contribution < -0.4 is 10.6 Å². The molecule has 2 aromatic rings. The zero-order valence-electron chi connectivity index (χ0n) is 16.8. The van der Waals surface area contributed by atoms with E-state index in [2.05, 4.69) is 21.4 Å². The molecule has 1 aromatic heterocycles. The van der Waals surface area contributed by atoms with Crippen molar-refractivity contribution in [2.75, 3.05) is 18.2 Å². The number of aryl methyl sites for hydroxylation is 1. The Bertz CT molecular complexity index is 1060. The first-order valence-corrected chi connectivity index (χ1v) is 10.2. The van der Waals surface area contributed by atoms with Crippen LogP contribution in [0.1, 0.15) is 24.2 Å². The van der Waals surface area contributed by atoms with E-state index in [1.165, 1.54) is 13.4 Å². The van der Waals surface area contributed by atoms with Crippen molar-refractivity contribution in [1.82, 2.24) is 5.32 Å². The van der Waals surface area contributed by atoms with E-state index in [1.807, 2.05) is 31.2 Å². The second-order valence-corrected chi connectivity index (χ2v) is 7.59. The number of thioether (sulfide) groups is 1. The number of furan rings is 1. The number of rotatable bonds is 6. The number of hydrogen-bond donors (Lipinski definition) is 2. The third-order valence-corrected chi connectivity index (χ3v) is 5.67. The topological polar surface area (TPSA) is 104 Å². The maximum absolute atomic E-state index is 13.3. The van der Waals surface area contributed by atoms with E-state index in [-0.39, 0.29) is 11.7 Å². The Labute approximate surface area is 178 Å². The minimum Gasteiger partial charge on any atom is -0.468 e. The average Bonchev–Trinajstić information content (AvgIpc) is 3.27. The van der Waals surface area contributed by atoms with Gasteiger partial charge in [-0.05, 0) is 37.6 Å². The smallest absolute Gasteiger partial charge is 0.316 e. The van der Waals surface area contributed by atoms with Crippen molar-refractivity contribution in [2.24, 2.45) is 0 Å². The van der Waals surface area contributed by atoms with Gasteiger partial charge in [0.25, 0.3) is 5.91 Å². The number of carbonyl (C=O) groups excluding carboxylic acids is 2. The Hall–Kier alpha value is -3.44. The molecule has 30 heavy (non-hydrogen) atoms. The number of esters is 1. The summed E-state index contributed by atoms with van der Waals surface area (Å²) in [4.78, 5) is 24.8. The molecule has 1 atom stereocenters. The van der Waals surface area contributed by atoms with Crippen molar-refractivity contribution in [3.8, 4) is 6.07 Å². The molecule has 1 aromatic carbocycles. The number of benzene rings is 1. The van der Waals surface area contributed by atoms with Crippen LogP contribution in [0.4, 0.5) is 5.69 Å². The van der Waals surface area contributed by atoms with Gasteiger partial charge in [0.2, 0.25) is 0 Å². The molecule has 1 unspecified atom stereocenters. The molecule has 8 heteroatoms. The summed E-state index contributed by atoms with van der Waals surface area (Å²) in [5, 5.41) is 16.4. The number of amides is 1. The Balaban J connectivity index is 2.00. The summed E-state index contributed by atoms with van der Waals surface area (Å²) in [5.74, 6) is -0.937. The first-order valence-electron chi connectivity index (χ1n) is 9.18. The maximum atomic E-state index is 13.3. The van der Waals surface area contributed by atoms with Crippen LogP contribution in [0.2, 0.25) is 0 Å². The number of para-hydroxylation sites is 1. The second-order valence-electron chi connectivity index (χ2n) is 6.60. The minimum atomic E-state index is -0.699. The van der Waals surface area contributed by atoms with Crippen molar-refractivity contribution in [2.45, 2.75) is 19.8 Å². The van der Waals surface area contributed by atoms with Crippen LogP contribution in [0.3, 0.4) is 0 Å². The highest BCUT2D eigenvalue weighted by atomic mass is 32.2.